The lowest BCUT2D eigenvalue weighted by atomic mass is 9.88. The lowest BCUT2D eigenvalue weighted by Crippen LogP contribution is -2.63. The maximum atomic E-state index is 13.1. The summed E-state index contributed by atoms with van der Waals surface area (Å²) in [5, 5.41) is 5.77. The Morgan fingerprint density at radius 3 is 2.20 bits per heavy atom. The summed E-state index contributed by atoms with van der Waals surface area (Å²) < 4.78 is 7.68. The molecule has 3 aromatic rings. The summed E-state index contributed by atoms with van der Waals surface area (Å²) in [4.78, 5) is 47.1. The molecule has 0 radical (unpaired) electrons. The van der Waals surface area contributed by atoms with Gasteiger partial charge in [-0.05, 0) is 35.4 Å². The fourth-order valence-electron chi connectivity index (χ4n) is 5.04. The first-order chi connectivity index (χ1) is 19.2. The zero-order valence-corrected chi connectivity index (χ0v) is 23.3. The SMILES string of the molecule is CN(C)C(=O)Nc1ccc(CNC(=O)c2ncc3n2CCN(Cc2ccc(C(=O)N(C)C)cc2)C32COC2)cc1. The van der Waals surface area contributed by atoms with Crippen molar-refractivity contribution in [1.82, 2.24) is 29.6 Å². The van der Waals surface area contributed by atoms with Gasteiger partial charge >= 0.3 is 6.03 Å². The number of carbonyl (C=O) groups excluding carboxylic acids is 3. The van der Waals surface area contributed by atoms with Crippen LogP contribution in [0.15, 0.2) is 54.7 Å². The van der Waals surface area contributed by atoms with Crippen LogP contribution in [-0.4, -0.2) is 90.0 Å². The van der Waals surface area contributed by atoms with Crippen molar-refractivity contribution in [3.8, 4) is 0 Å². The number of urea groups is 1. The van der Waals surface area contributed by atoms with E-state index in [1.165, 1.54) is 4.90 Å². The Kier molecular flexibility index (Phi) is 7.59. The van der Waals surface area contributed by atoms with E-state index in [0.717, 1.165) is 23.4 Å². The molecule has 1 spiro atoms. The summed E-state index contributed by atoms with van der Waals surface area (Å²) in [5.41, 5.74) is 4.01. The molecule has 2 aliphatic heterocycles. The standard InChI is InChI=1S/C29H35N7O4/c1-33(2)27(38)22-9-5-21(6-10-22)17-35-13-14-36-24(29(35)18-40-19-29)16-30-25(36)26(37)31-15-20-7-11-23(12-8-20)32-28(39)34(3)4/h5-12,16H,13-15,17-19H2,1-4H3,(H,31,37)(H,32,39). The van der Waals surface area contributed by atoms with Crippen LogP contribution in [0.4, 0.5) is 10.5 Å². The predicted molar refractivity (Wildman–Crippen MR) is 150 cm³/mol. The summed E-state index contributed by atoms with van der Waals surface area (Å²) in [6.07, 6.45) is 1.80. The summed E-state index contributed by atoms with van der Waals surface area (Å²) in [6.45, 7) is 3.50. The molecule has 210 valence electrons. The maximum Gasteiger partial charge on any atom is 0.321 e. The molecular formula is C29H35N7O4. The van der Waals surface area contributed by atoms with E-state index in [2.05, 4.69) is 20.5 Å². The summed E-state index contributed by atoms with van der Waals surface area (Å²) in [6, 6.07) is 14.9. The number of fused-ring (bicyclic) bond motifs is 2. The topological polar surface area (TPSA) is 112 Å². The van der Waals surface area contributed by atoms with Gasteiger partial charge in [-0.1, -0.05) is 24.3 Å². The number of anilines is 1. The molecule has 0 unspecified atom stereocenters. The monoisotopic (exact) mass is 545 g/mol. The fourth-order valence-corrected chi connectivity index (χ4v) is 5.04. The Morgan fingerprint density at radius 2 is 1.60 bits per heavy atom. The minimum atomic E-state index is -0.339. The van der Waals surface area contributed by atoms with E-state index in [0.29, 0.717) is 49.9 Å². The maximum absolute atomic E-state index is 13.1. The Labute approximate surface area is 233 Å². The Bertz CT molecular complexity index is 1390. The highest BCUT2D eigenvalue weighted by molar-refractivity contribution is 5.94. The number of amides is 4. The third-order valence-electron chi connectivity index (χ3n) is 7.46. The molecular weight excluding hydrogens is 510 g/mol. The average molecular weight is 546 g/mol. The number of imidazole rings is 1. The summed E-state index contributed by atoms with van der Waals surface area (Å²) in [7, 11) is 6.85. The van der Waals surface area contributed by atoms with Crippen LogP contribution in [0.2, 0.25) is 0 Å². The molecule has 0 bridgehead atoms. The van der Waals surface area contributed by atoms with Crippen molar-refractivity contribution in [3.63, 3.8) is 0 Å². The van der Waals surface area contributed by atoms with Crippen molar-refractivity contribution in [2.75, 3.05) is 53.3 Å². The molecule has 40 heavy (non-hydrogen) atoms. The number of benzene rings is 2. The van der Waals surface area contributed by atoms with Crippen molar-refractivity contribution >= 4 is 23.5 Å². The van der Waals surface area contributed by atoms with Crippen molar-refractivity contribution in [2.45, 2.75) is 25.2 Å². The minimum Gasteiger partial charge on any atom is -0.377 e. The number of aromatic nitrogens is 2. The fraction of sp³-hybridized carbons (Fsp3) is 0.379. The first kappa shape index (κ1) is 27.4. The van der Waals surface area contributed by atoms with Crippen LogP contribution in [0.1, 0.15) is 37.8 Å². The van der Waals surface area contributed by atoms with Gasteiger partial charge in [-0.3, -0.25) is 14.5 Å². The van der Waals surface area contributed by atoms with Gasteiger partial charge < -0.3 is 29.7 Å². The molecule has 2 N–H and O–H groups in total. The van der Waals surface area contributed by atoms with E-state index < -0.39 is 0 Å². The highest BCUT2D eigenvalue weighted by atomic mass is 16.5. The van der Waals surface area contributed by atoms with Gasteiger partial charge in [-0.15, -0.1) is 0 Å². The second-order valence-electron chi connectivity index (χ2n) is 10.7. The van der Waals surface area contributed by atoms with E-state index in [-0.39, 0.29) is 23.4 Å². The van der Waals surface area contributed by atoms with Gasteiger partial charge in [0.15, 0.2) is 5.82 Å². The molecule has 1 aromatic heterocycles. The van der Waals surface area contributed by atoms with Gasteiger partial charge in [0, 0.05) is 65.6 Å². The molecule has 0 atom stereocenters. The number of hydrogen-bond acceptors (Lipinski definition) is 6. The zero-order chi connectivity index (χ0) is 28.4. The van der Waals surface area contributed by atoms with Crippen molar-refractivity contribution < 1.29 is 19.1 Å². The molecule has 4 amide bonds. The normalized spacial score (nSPS) is 15.6. The largest absolute Gasteiger partial charge is 0.377 e. The molecule has 3 heterocycles. The molecule has 1 saturated heterocycles. The van der Waals surface area contributed by atoms with Gasteiger partial charge in [-0.25, -0.2) is 9.78 Å². The lowest BCUT2D eigenvalue weighted by Gasteiger charge is -2.52. The summed E-state index contributed by atoms with van der Waals surface area (Å²) >= 11 is 0. The van der Waals surface area contributed by atoms with Gasteiger partial charge in [0.2, 0.25) is 0 Å². The first-order valence-electron chi connectivity index (χ1n) is 13.2. The molecule has 1 fully saturated rings. The van der Waals surface area contributed by atoms with E-state index in [4.69, 9.17) is 4.74 Å². The second kappa shape index (κ2) is 11.1. The van der Waals surface area contributed by atoms with Gasteiger partial charge in [-0.2, -0.15) is 0 Å². The average Bonchev–Trinajstić information content (AvgIpc) is 3.36. The smallest absolute Gasteiger partial charge is 0.321 e. The second-order valence-corrected chi connectivity index (χ2v) is 10.7. The van der Waals surface area contributed by atoms with Crippen LogP contribution in [0, 0.1) is 0 Å². The molecule has 2 aliphatic rings. The number of nitrogens with one attached hydrogen (secondary N) is 2. The molecule has 11 heteroatoms. The van der Waals surface area contributed by atoms with Gasteiger partial charge in [0.1, 0.15) is 5.54 Å². The van der Waals surface area contributed by atoms with Gasteiger partial charge in [0.25, 0.3) is 11.8 Å². The Hall–Kier alpha value is -4.22. The lowest BCUT2D eigenvalue weighted by molar-refractivity contribution is -0.162. The third kappa shape index (κ3) is 5.30. The number of hydrogen-bond donors (Lipinski definition) is 2. The Balaban J connectivity index is 1.24. The van der Waals surface area contributed by atoms with E-state index >= 15 is 0 Å². The molecule has 0 saturated carbocycles. The van der Waals surface area contributed by atoms with Gasteiger partial charge in [0.05, 0.1) is 25.1 Å². The number of ether oxygens (including phenoxy) is 1. The molecule has 0 aliphatic carbocycles. The van der Waals surface area contributed by atoms with E-state index in [1.54, 1.807) is 39.3 Å². The van der Waals surface area contributed by atoms with Crippen LogP contribution >= 0.6 is 0 Å². The first-order valence-corrected chi connectivity index (χ1v) is 13.2. The third-order valence-corrected chi connectivity index (χ3v) is 7.46. The van der Waals surface area contributed by atoms with Crippen molar-refractivity contribution in [3.05, 3.63) is 82.9 Å². The van der Waals surface area contributed by atoms with Crippen molar-refractivity contribution in [1.29, 1.82) is 0 Å². The minimum absolute atomic E-state index is 0.0198. The molecule has 2 aromatic carbocycles. The zero-order valence-electron chi connectivity index (χ0n) is 23.3. The van der Waals surface area contributed by atoms with Crippen LogP contribution < -0.4 is 10.6 Å². The number of rotatable bonds is 7. The van der Waals surface area contributed by atoms with Crippen LogP contribution in [0.3, 0.4) is 0 Å². The van der Waals surface area contributed by atoms with Crippen LogP contribution in [0.5, 0.6) is 0 Å². The van der Waals surface area contributed by atoms with E-state index in [1.807, 2.05) is 53.1 Å². The Morgan fingerprint density at radius 1 is 0.925 bits per heavy atom. The highest BCUT2D eigenvalue weighted by Gasteiger charge is 2.50. The van der Waals surface area contributed by atoms with Crippen molar-refractivity contribution in [2.24, 2.45) is 0 Å². The summed E-state index contributed by atoms with van der Waals surface area (Å²) in [5.74, 6) is 0.136. The van der Waals surface area contributed by atoms with Crippen LogP contribution in [0.25, 0.3) is 0 Å². The molecule has 11 nitrogen and oxygen atoms in total. The molecule has 5 rings (SSSR count). The van der Waals surface area contributed by atoms with E-state index in [9.17, 15) is 14.4 Å². The predicted octanol–water partition coefficient (Wildman–Crippen LogP) is 2.35. The highest BCUT2D eigenvalue weighted by Crippen LogP contribution is 2.40. The van der Waals surface area contributed by atoms with Crippen LogP contribution in [-0.2, 0) is 29.9 Å². The number of carbonyl (C=O) groups is 3. The quantitative estimate of drug-likeness (QED) is 0.472. The number of nitrogens with zero attached hydrogens (tertiary/aromatic N) is 5.